The fraction of sp³-hybridized carbons (Fsp3) is 0.600. The molecule has 0 aromatic heterocycles. The van der Waals surface area contributed by atoms with Crippen molar-refractivity contribution in [2.24, 2.45) is 11.8 Å². The molecule has 0 saturated heterocycles. The SMILES string of the molecule is CC(C)C(NC(=O)C1CCCCC1)C(=O)N(C)Cc1ccccc1. The molecule has 24 heavy (non-hydrogen) atoms. The first-order valence-corrected chi connectivity index (χ1v) is 9.08. The molecule has 0 radical (unpaired) electrons. The van der Waals surface area contributed by atoms with Crippen LogP contribution >= 0.6 is 0 Å². The summed E-state index contributed by atoms with van der Waals surface area (Å²) >= 11 is 0. The molecule has 4 nitrogen and oxygen atoms in total. The van der Waals surface area contributed by atoms with E-state index in [9.17, 15) is 9.59 Å². The van der Waals surface area contributed by atoms with Gasteiger partial charge in [0.05, 0.1) is 0 Å². The normalized spacial score (nSPS) is 16.7. The Labute approximate surface area is 145 Å². The molecule has 132 valence electrons. The molecule has 0 bridgehead atoms. The highest BCUT2D eigenvalue weighted by Gasteiger charge is 2.30. The van der Waals surface area contributed by atoms with Crippen molar-refractivity contribution in [3.05, 3.63) is 35.9 Å². The van der Waals surface area contributed by atoms with E-state index in [-0.39, 0.29) is 23.7 Å². The summed E-state index contributed by atoms with van der Waals surface area (Å²) in [5.41, 5.74) is 1.09. The summed E-state index contributed by atoms with van der Waals surface area (Å²) in [5.74, 6) is 0.184. The Morgan fingerprint density at radius 1 is 1.12 bits per heavy atom. The Balaban J connectivity index is 1.97. The van der Waals surface area contributed by atoms with Gasteiger partial charge in [-0.2, -0.15) is 0 Å². The third-order valence-electron chi connectivity index (χ3n) is 4.85. The molecule has 1 saturated carbocycles. The van der Waals surface area contributed by atoms with Gasteiger partial charge in [0.15, 0.2) is 0 Å². The Morgan fingerprint density at radius 3 is 2.33 bits per heavy atom. The number of nitrogens with zero attached hydrogens (tertiary/aromatic N) is 1. The lowest BCUT2D eigenvalue weighted by Gasteiger charge is -2.29. The maximum absolute atomic E-state index is 12.8. The molecule has 1 aliphatic rings. The molecule has 1 aromatic rings. The summed E-state index contributed by atoms with van der Waals surface area (Å²) in [6.07, 6.45) is 5.35. The van der Waals surface area contributed by atoms with Crippen molar-refractivity contribution in [2.75, 3.05) is 7.05 Å². The van der Waals surface area contributed by atoms with E-state index in [1.54, 1.807) is 11.9 Å². The number of carbonyl (C=O) groups excluding carboxylic acids is 2. The lowest BCUT2D eigenvalue weighted by atomic mass is 9.88. The van der Waals surface area contributed by atoms with Crippen LogP contribution in [0.4, 0.5) is 0 Å². The van der Waals surface area contributed by atoms with Gasteiger partial charge in [-0.25, -0.2) is 0 Å². The first kappa shape index (κ1) is 18.5. The van der Waals surface area contributed by atoms with Crippen LogP contribution in [0, 0.1) is 11.8 Å². The Bertz CT molecular complexity index is 536. The average Bonchev–Trinajstić information content (AvgIpc) is 2.60. The molecular formula is C20H30N2O2. The molecule has 1 unspecified atom stereocenters. The molecular weight excluding hydrogens is 300 g/mol. The Kier molecular flexibility index (Phi) is 6.83. The largest absolute Gasteiger partial charge is 0.344 e. The van der Waals surface area contributed by atoms with Crippen LogP contribution in [0.3, 0.4) is 0 Å². The van der Waals surface area contributed by atoms with Crippen molar-refractivity contribution in [1.82, 2.24) is 10.2 Å². The van der Waals surface area contributed by atoms with Gasteiger partial charge in [-0.3, -0.25) is 9.59 Å². The van der Waals surface area contributed by atoms with Gasteiger partial charge in [0.25, 0.3) is 0 Å². The number of amides is 2. The maximum atomic E-state index is 12.8. The van der Waals surface area contributed by atoms with E-state index >= 15 is 0 Å². The van der Waals surface area contributed by atoms with E-state index in [0.29, 0.717) is 6.54 Å². The first-order chi connectivity index (χ1) is 11.5. The van der Waals surface area contributed by atoms with Crippen molar-refractivity contribution >= 4 is 11.8 Å². The average molecular weight is 330 g/mol. The summed E-state index contributed by atoms with van der Waals surface area (Å²) < 4.78 is 0. The van der Waals surface area contributed by atoms with Gasteiger partial charge < -0.3 is 10.2 Å². The van der Waals surface area contributed by atoms with Crippen LogP contribution in [0.5, 0.6) is 0 Å². The second-order valence-electron chi connectivity index (χ2n) is 7.25. The van der Waals surface area contributed by atoms with Crippen LogP contribution in [-0.2, 0) is 16.1 Å². The molecule has 2 rings (SSSR count). The monoisotopic (exact) mass is 330 g/mol. The number of likely N-dealkylation sites (N-methyl/N-ethyl adjacent to an activating group) is 1. The Hall–Kier alpha value is -1.84. The van der Waals surface area contributed by atoms with Gasteiger partial charge in [-0.1, -0.05) is 63.4 Å². The second kappa shape index (κ2) is 8.86. The zero-order valence-electron chi connectivity index (χ0n) is 15.1. The van der Waals surface area contributed by atoms with E-state index in [0.717, 1.165) is 31.2 Å². The number of benzene rings is 1. The van der Waals surface area contributed by atoms with Crippen molar-refractivity contribution < 1.29 is 9.59 Å². The smallest absolute Gasteiger partial charge is 0.245 e. The molecule has 0 aliphatic heterocycles. The number of rotatable bonds is 6. The van der Waals surface area contributed by atoms with Crippen LogP contribution in [0.15, 0.2) is 30.3 Å². The van der Waals surface area contributed by atoms with E-state index in [4.69, 9.17) is 0 Å². The molecule has 1 N–H and O–H groups in total. The number of carbonyl (C=O) groups is 2. The minimum Gasteiger partial charge on any atom is -0.344 e. The van der Waals surface area contributed by atoms with Gasteiger partial charge in [-0.15, -0.1) is 0 Å². The number of hydrogen-bond donors (Lipinski definition) is 1. The molecule has 0 heterocycles. The van der Waals surface area contributed by atoms with Crippen LogP contribution < -0.4 is 5.32 Å². The predicted octanol–water partition coefficient (Wildman–Crippen LogP) is 3.37. The van der Waals surface area contributed by atoms with E-state index < -0.39 is 6.04 Å². The number of hydrogen-bond acceptors (Lipinski definition) is 2. The summed E-state index contributed by atoms with van der Waals surface area (Å²) in [6, 6.07) is 9.47. The quantitative estimate of drug-likeness (QED) is 0.869. The van der Waals surface area contributed by atoms with E-state index in [1.165, 1.54) is 6.42 Å². The predicted molar refractivity (Wildman–Crippen MR) is 96.3 cm³/mol. The number of nitrogens with one attached hydrogen (secondary N) is 1. The highest BCUT2D eigenvalue weighted by atomic mass is 16.2. The van der Waals surface area contributed by atoms with Crippen molar-refractivity contribution in [3.8, 4) is 0 Å². The van der Waals surface area contributed by atoms with Crippen LogP contribution in [0.25, 0.3) is 0 Å². The molecule has 2 amide bonds. The zero-order chi connectivity index (χ0) is 17.5. The minimum absolute atomic E-state index is 0.0157. The van der Waals surface area contributed by atoms with Gasteiger partial charge in [0, 0.05) is 19.5 Å². The summed E-state index contributed by atoms with van der Waals surface area (Å²) in [5, 5.41) is 3.02. The van der Waals surface area contributed by atoms with Gasteiger partial charge in [0.1, 0.15) is 6.04 Å². The topological polar surface area (TPSA) is 49.4 Å². The summed E-state index contributed by atoms with van der Waals surface area (Å²) in [6.45, 7) is 4.53. The molecule has 1 aromatic carbocycles. The van der Waals surface area contributed by atoms with Crippen LogP contribution in [0.2, 0.25) is 0 Å². The van der Waals surface area contributed by atoms with E-state index in [2.05, 4.69) is 5.32 Å². The molecule has 1 atom stereocenters. The van der Waals surface area contributed by atoms with Crippen LogP contribution in [0.1, 0.15) is 51.5 Å². The third-order valence-corrected chi connectivity index (χ3v) is 4.85. The highest BCUT2D eigenvalue weighted by Crippen LogP contribution is 2.24. The highest BCUT2D eigenvalue weighted by molar-refractivity contribution is 5.88. The van der Waals surface area contributed by atoms with Gasteiger partial charge in [0.2, 0.25) is 11.8 Å². The summed E-state index contributed by atoms with van der Waals surface area (Å²) in [4.78, 5) is 27.0. The fourth-order valence-electron chi connectivity index (χ4n) is 3.32. The molecule has 1 aliphatic carbocycles. The van der Waals surface area contributed by atoms with Gasteiger partial charge >= 0.3 is 0 Å². The summed E-state index contributed by atoms with van der Waals surface area (Å²) in [7, 11) is 1.80. The van der Waals surface area contributed by atoms with E-state index in [1.807, 2.05) is 44.2 Å². The maximum Gasteiger partial charge on any atom is 0.245 e. The standard InChI is InChI=1S/C20H30N2O2/c1-15(2)18(21-19(23)17-12-8-5-9-13-17)20(24)22(3)14-16-10-6-4-7-11-16/h4,6-7,10-11,15,17-18H,5,8-9,12-14H2,1-3H3,(H,21,23). The second-order valence-corrected chi connectivity index (χ2v) is 7.25. The zero-order valence-corrected chi connectivity index (χ0v) is 15.1. The third kappa shape index (κ3) is 5.08. The molecule has 1 fully saturated rings. The van der Waals surface area contributed by atoms with Crippen molar-refractivity contribution in [3.63, 3.8) is 0 Å². The fourth-order valence-corrected chi connectivity index (χ4v) is 3.32. The van der Waals surface area contributed by atoms with Crippen LogP contribution in [-0.4, -0.2) is 29.8 Å². The first-order valence-electron chi connectivity index (χ1n) is 9.08. The van der Waals surface area contributed by atoms with Crippen molar-refractivity contribution in [1.29, 1.82) is 0 Å². The van der Waals surface area contributed by atoms with Crippen molar-refractivity contribution in [2.45, 2.75) is 58.5 Å². The molecule has 4 heteroatoms. The van der Waals surface area contributed by atoms with Gasteiger partial charge in [-0.05, 0) is 24.3 Å². The lowest BCUT2D eigenvalue weighted by Crippen LogP contribution is -2.51. The Morgan fingerprint density at radius 2 is 1.75 bits per heavy atom. The molecule has 0 spiro atoms. The lowest BCUT2D eigenvalue weighted by molar-refractivity contribution is -0.138. The minimum atomic E-state index is -0.451.